The third-order valence-electron chi connectivity index (χ3n) is 5.50. The van der Waals surface area contributed by atoms with Crippen LogP contribution in [0.1, 0.15) is 5.56 Å². The van der Waals surface area contributed by atoms with Crippen LogP contribution in [0.25, 0.3) is 11.1 Å². The predicted molar refractivity (Wildman–Crippen MR) is 125 cm³/mol. The quantitative estimate of drug-likeness (QED) is 0.553. The van der Waals surface area contributed by atoms with Gasteiger partial charge in [0.05, 0.1) is 5.75 Å². The van der Waals surface area contributed by atoms with Crippen LogP contribution in [0, 0.1) is 0 Å². The molecule has 0 spiro atoms. The van der Waals surface area contributed by atoms with E-state index in [1.165, 1.54) is 4.31 Å². The summed E-state index contributed by atoms with van der Waals surface area (Å²) in [6.45, 7) is 1.22. The molecular weight excluding hydrogens is 424 g/mol. The van der Waals surface area contributed by atoms with Crippen LogP contribution in [-0.2, 0) is 20.6 Å². The number of piperazine rings is 1. The summed E-state index contributed by atoms with van der Waals surface area (Å²) in [6, 6.07) is 26.6. The Hall–Kier alpha value is -3.16. The highest BCUT2D eigenvalue weighted by atomic mass is 32.2. The van der Waals surface area contributed by atoms with Crippen molar-refractivity contribution in [1.82, 2.24) is 9.21 Å². The third kappa shape index (κ3) is 5.36. The van der Waals surface area contributed by atoms with Crippen LogP contribution in [0.15, 0.2) is 84.9 Å². The van der Waals surface area contributed by atoms with Crippen molar-refractivity contribution in [2.45, 2.75) is 5.75 Å². The van der Waals surface area contributed by atoms with Gasteiger partial charge in [-0.3, -0.25) is 4.79 Å². The molecule has 1 aliphatic rings. The number of rotatable bonds is 7. The number of sulfonamides is 1. The van der Waals surface area contributed by atoms with Crippen molar-refractivity contribution in [2.24, 2.45) is 0 Å². The fourth-order valence-electron chi connectivity index (χ4n) is 3.77. The molecule has 0 aromatic heterocycles. The lowest BCUT2D eigenvalue weighted by Crippen LogP contribution is -2.51. The molecule has 1 fully saturated rings. The molecule has 1 heterocycles. The summed E-state index contributed by atoms with van der Waals surface area (Å²) in [4.78, 5) is 14.4. The Labute approximate surface area is 189 Å². The number of carbonyl (C=O) groups excluding carboxylic acids is 1. The highest BCUT2D eigenvalue weighted by molar-refractivity contribution is 7.88. The van der Waals surface area contributed by atoms with E-state index >= 15 is 0 Å². The van der Waals surface area contributed by atoms with Gasteiger partial charge in [0.1, 0.15) is 5.75 Å². The van der Waals surface area contributed by atoms with Crippen molar-refractivity contribution >= 4 is 15.9 Å². The number of nitrogens with zero attached hydrogens (tertiary/aromatic N) is 2. The van der Waals surface area contributed by atoms with Crippen LogP contribution in [0.2, 0.25) is 0 Å². The molecule has 0 atom stereocenters. The van der Waals surface area contributed by atoms with Gasteiger partial charge in [-0.25, -0.2) is 8.42 Å². The highest BCUT2D eigenvalue weighted by Crippen LogP contribution is 2.29. The first kappa shape index (κ1) is 22.0. The van der Waals surface area contributed by atoms with Gasteiger partial charge >= 0.3 is 0 Å². The molecule has 0 unspecified atom stereocenters. The summed E-state index contributed by atoms with van der Waals surface area (Å²) >= 11 is 0. The molecule has 1 aliphatic heterocycles. The van der Waals surface area contributed by atoms with E-state index in [2.05, 4.69) is 0 Å². The lowest BCUT2D eigenvalue weighted by Gasteiger charge is -2.34. The Bertz CT molecular complexity index is 1140. The van der Waals surface area contributed by atoms with Gasteiger partial charge in [-0.2, -0.15) is 4.31 Å². The standard InChI is InChI=1S/C25H26N2O4S/c28-25(19-31-24-14-8-7-13-23(24)22-11-5-2-6-12-22)26-15-17-27(18-16-26)32(29,30)20-21-9-3-1-4-10-21/h1-14H,15-20H2. The summed E-state index contributed by atoms with van der Waals surface area (Å²) in [6.07, 6.45) is 0. The summed E-state index contributed by atoms with van der Waals surface area (Å²) in [7, 11) is -3.41. The van der Waals surface area contributed by atoms with Crippen LogP contribution >= 0.6 is 0 Å². The van der Waals surface area contributed by atoms with Crippen molar-refractivity contribution in [1.29, 1.82) is 0 Å². The first-order chi connectivity index (χ1) is 15.5. The molecule has 0 bridgehead atoms. The van der Waals surface area contributed by atoms with Gasteiger partial charge in [0, 0.05) is 31.7 Å². The zero-order valence-corrected chi connectivity index (χ0v) is 18.6. The highest BCUT2D eigenvalue weighted by Gasteiger charge is 2.29. The van der Waals surface area contributed by atoms with Crippen molar-refractivity contribution in [2.75, 3.05) is 32.8 Å². The van der Waals surface area contributed by atoms with Gasteiger partial charge in [-0.05, 0) is 17.2 Å². The normalized spacial score (nSPS) is 14.8. The molecule has 3 aromatic carbocycles. The molecule has 0 aliphatic carbocycles. The molecule has 1 amide bonds. The number of ether oxygens (including phenoxy) is 1. The molecule has 3 aromatic rings. The predicted octanol–water partition coefficient (Wildman–Crippen LogP) is 3.41. The SMILES string of the molecule is O=C(COc1ccccc1-c1ccccc1)N1CCN(S(=O)(=O)Cc2ccccc2)CC1. The van der Waals surface area contributed by atoms with Gasteiger partial charge in [-0.1, -0.05) is 78.9 Å². The van der Waals surface area contributed by atoms with Gasteiger partial charge in [0.2, 0.25) is 10.0 Å². The smallest absolute Gasteiger partial charge is 0.260 e. The average molecular weight is 451 g/mol. The first-order valence-corrected chi connectivity index (χ1v) is 12.2. The van der Waals surface area contributed by atoms with E-state index in [1.807, 2.05) is 84.9 Å². The number of amides is 1. The number of carbonyl (C=O) groups is 1. The number of para-hydroxylation sites is 1. The molecule has 0 N–H and O–H groups in total. The molecule has 7 heteroatoms. The van der Waals surface area contributed by atoms with Crippen molar-refractivity contribution in [3.8, 4) is 16.9 Å². The van der Waals surface area contributed by atoms with E-state index in [9.17, 15) is 13.2 Å². The lowest BCUT2D eigenvalue weighted by atomic mass is 10.1. The second kappa shape index (κ2) is 9.97. The fourth-order valence-corrected chi connectivity index (χ4v) is 5.29. The van der Waals surface area contributed by atoms with Gasteiger partial charge in [-0.15, -0.1) is 0 Å². The monoisotopic (exact) mass is 450 g/mol. The van der Waals surface area contributed by atoms with Crippen LogP contribution in [0.3, 0.4) is 0 Å². The van der Waals surface area contributed by atoms with Gasteiger partial charge in [0.15, 0.2) is 6.61 Å². The van der Waals surface area contributed by atoms with Crippen LogP contribution in [0.4, 0.5) is 0 Å². The molecule has 32 heavy (non-hydrogen) atoms. The van der Waals surface area contributed by atoms with E-state index in [0.29, 0.717) is 31.9 Å². The maximum atomic E-state index is 12.7. The molecule has 4 rings (SSSR count). The van der Waals surface area contributed by atoms with E-state index in [0.717, 1.165) is 16.7 Å². The van der Waals surface area contributed by atoms with E-state index in [-0.39, 0.29) is 18.3 Å². The van der Waals surface area contributed by atoms with E-state index in [4.69, 9.17) is 4.74 Å². The Morgan fingerprint density at radius 1 is 0.781 bits per heavy atom. The van der Waals surface area contributed by atoms with Crippen LogP contribution < -0.4 is 4.74 Å². The Balaban J connectivity index is 1.32. The Morgan fingerprint density at radius 2 is 1.38 bits per heavy atom. The molecule has 0 radical (unpaired) electrons. The topological polar surface area (TPSA) is 66.9 Å². The molecule has 166 valence electrons. The molecule has 6 nitrogen and oxygen atoms in total. The molecule has 0 saturated carbocycles. The fraction of sp³-hybridized carbons (Fsp3) is 0.240. The Kier molecular flexibility index (Phi) is 6.87. The van der Waals surface area contributed by atoms with Gasteiger partial charge < -0.3 is 9.64 Å². The average Bonchev–Trinajstić information content (AvgIpc) is 2.84. The zero-order chi connectivity index (χ0) is 22.4. The first-order valence-electron chi connectivity index (χ1n) is 10.6. The van der Waals surface area contributed by atoms with Crippen molar-refractivity contribution in [3.63, 3.8) is 0 Å². The lowest BCUT2D eigenvalue weighted by molar-refractivity contribution is -0.134. The maximum Gasteiger partial charge on any atom is 0.260 e. The Morgan fingerprint density at radius 3 is 2.06 bits per heavy atom. The number of hydrogen-bond acceptors (Lipinski definition) is 4. The second-order valence-corrected chi connectivity index (χ2v) is 9.64. The minimum atomic E-state index is -3.41. The molecular formula is C25H26N2O4S. The number of benzene rings is 3. The summed E-state index contributed by atoms with van der Waals surface area (Å²) in [5.41, 5.74) is 2.71. The molecule has 1 saturated heterocycles. The van der Waals surface area contributed by atoms with Gasteiger partial charge in [0.25, 0.3) is 5.91 Å². The summed E-state index contributed by atoms with van der Waals surface area (Å²) in [5.74, 6) is 0.477. The minimum Gasteiger partial charge on any atom is -0.483 e. The van der Waals surface area contributed by atoms with E-state index < -0.39 is 10.0 Å². The third-order valence-corrected chi connectivity index (χ3v) is 7.35. The van der Waals surface area contributed by atoms with Crippen LogP contribution in [-0.4, -0.2) is 56.3 Å². The van der Waals surface area contributed by atoms with E-state index in [1.54, 1.807) is 4.90 Å². The summed E-state index contributed by atoms with van der Waals surface area (Å²) < 4.78 is 32.7. The zero-order valence-electron chi connectivity index (χ0n) is 17.8. The minimum absolute atomic E-state index is 0.0266. The number of hydrogen-bond donors (Lipinski definition) is 0. The maximum absolute atomic E-state index is 12.7. The second-order valence-electron chi connectivity index (χ2n) is 7.67. The van der Waals surface area contributed by atoms with Crippen molar-refractivity contribution < 1.29 is 17.9 Å². The van der Waals surface area contributed by atoms with Crippen molar-refractivity contribution in [3.05, 3.63) is 90.5 Å². The van der Waals surface area contributed by atoms with Crippen LogP contribution in [0.5, 0.6) is 5.75 Å². The largest absolute Gasteiger partial charge is 0.483 e. The summed E-state index contributed by atoms with van der Waals surface area (Å²) in [5, 5.41) is 0.